The van der Waals surface area contributed by atoms with Crippen LogP contribution in [-0.2, 0) is 4.74 Å². The van der Waals surface area contributed by atoms with Gasteiger partial charge in [-0.2, -0.15) is 0 Å². The SMILES string of the molecule is CC(NC1CCCOC1)c1ccc([N+](=O)[O-])cc1. The highest BCUT2D eigenvalue weighted by atomic mass is 16.6. The first-order valence-corrected chi connectivity index (χ1v) is 6.25. The van der Waals surface area contributed by atoms with E-state index < -0.39 is 0 Å². The fourth-order valence-electron chi connectivity index (χ4n) is 2.21. The number of benzene rings is 1. The molecule has 1 aromatic rings. The van der Waals surface area contributed by atoms with Gasteiger partial charge in [0.1, 0.15) is 0 Å². The van der Waals surface area contributed by atoms with Gasteiger partial charge in [0.05, 0.1) is 11.5 Å². The van der Waals surface area contributed by atoms with Gasteiger partial charge >= 0.3 is 0 Å². The number of nitrogens with zero attached hydrogens (tertiary/aromatic N) is 1. The molecule has 1 aliphatic rings. The predicted molar refractivity (Wildman–Crippen MR) is 68.5 cm³/mol. The van der Waals surface area contributed by atoms with Crippen molar-refractivity contribution in [3.63, 3.8) is 0 Å². The number of ether oxygens (including phenoxy) is 1. The Morgan fingerprint density at radius 2 is 2.17 bits per heavy atom. The van der Waals surface area contributed by atoms with Crippen LogP contribution in [0.15, 0.2) is 24.3 Å². The summed E-state index contributed by atoms with van der Waals surface area (Å²) in [6.45, 7) is 3.66. The predicted octanol–water partition coefficient (Wildman–Crippen LogP) is 2.42. The standard InChI is InChI=1S/C13H18N2O3/c1-10(14-12-3-2-8-18-9-12)11-4-6-13(7-5-11)15(16)17/h4-7,10,12,14H,2-3,8-9H2,1H3. The van der Waals surface area contributed by atoms with Crippen LogP contribution in [0.3, 0.4) is 0 Å². The van der Waals surface area contributed by atoms with Gasteiger partial charge in [-0.15, -0.1) is 0 Å². The van der Waals surface area contributed by atoms with Gasteiger partial charge in [0.25, 0.3) is 5.69 Å². The molecule has 1 aromatic carbocycles. The zero-order valence-electron chi connectivity index (χ0n) is 10.5. The van der Waals surface area contributed by atoms with Crippen molar-refractivity contribution in [2.75, 3.05) is 13.2 Å². The van der Waals surface area contributed by atoms with E-state index in [0.717, 1.165) is 31.6 Å². The molecule has 5 heteroatoms. The normalized spacial score (nSPS) is 21.5. The van der Waals surface area contributed by atoms with E-state index in [-0.39, 0.29) is 16.7 Å². The zero-order chi connectivity index (χ0) is 13.0. The van der Waals surface area contributed by atoms with E-state index in [1.807, 2.05) is 0 Å². The maximum Gasteiger partial charge on any atom is 0.269 e. The topological polar surface area (TPSA) is 64.4 Å². The van der Waals surface area contributed by atoms with Crippen molar-refractivity contribution in [1.82, 2.24) is 5.32 Å². The van der Waals surface area contributed by atoms with Gasteiger partial charge < -0.3 is 10.1 Å². The van der Waals surface area contributed by atoms with Crippen LogP contribution < -0.4 is 5.32 Å². The quantitative estimate of drug-likeness (QED) is 0.658. The lowest BCUT2D eigenvalue weighted by molar-refractivity contribution is -0.384. The molecule has 0 amide bonds. The lowest BCUT2D eigenvalue weighted by atomic mass is 10.0. The second kappa shape index (κ2) is 5.93. The summed E-state index contributed by atoms with van der Waals surface area (Å²) in [4.78, 5) is 10.2. The minimum Gasteiger partial charge on any atom is -0.380 e. The summed E-state index contributed by atoms with van der Waals surface area (Å²) in [7, 11) is 0. The van der Waals surface area contributed by atoms with Gasteiger partial charge in [-0.05, 0) is 25.3 Å². The smallest absolute Gasteiger partial charge is 0.269 e. The number of rotatable bonds is 4. The van der Waals surface area contributed by atoms with E-state index in [0.29, 0.717) is 6.04 Å². The first-order valence-electron chi connectivity index (χ1n) is 6.25. The monoisotopic (exact) mass is 250 g/mol. The molecule has 2 rings (SSSR count). The maximum absolute atomic E-state index is 10.6. The minimum atomic E-state index is -0.378. The molecular weight excluding hydrogens is 232 g/mol. The van der Waals surface area contributed by atoms with E-state index in [1.54, 1.807) is 24.3 Å². The molecule has 0 spiro atoms. The Bertz CT molecular complexity index is 399. The van der Waals surface area contributed by atoms with E-state index in [1.165, 1.54) is 0 Å². The highest BCUT2D eigenvalue weighted by Crippen LogP contribution is 2.19. The largest absolute Gasteiger partial charge is 0.380 e. The molecule has 0 bridgehead atoms. The second-order valence-electron chi connectivity index (χ2n) is 4.65. The third kappa shape index (κ3) is 3.27. The number of hydrogen-bond donors (Lipinski definition) is 1. The summed E-state index contributed by atoms with van der Waals surface area (Å²) >= 11 is 0. The fraction of sp³-hybridized carbons (Fsp3) is 0.538. The third-order valence-electron chi connectivity index (χ3n) is 3.25. The summed E-state index contributed by atoms with van der Waals surface area (Å²) in [6.07, 6.45) is 2.21. The van der Waals surface area contributed by atoms with E-state index in [9.17, 15) is 10.1 Å². The van der Waals surface area contributed by atoms with Crippen molar-refractivity contribution in [1.29, 1.82) is 0 Å². The number of nitro groups is 1. The lowest BCUT2D eigenvalue weighted by Crippen LogP contribution is -2.38. The Kier molecular flexibility index (Phi) is 4.28. The molecule has 1 heterocycles. The van der Waals surface area contributed by atoms with Gasteiger partial charge in [0.15, 0.2) is 0 Å². The molecular formula is C13H18N2O3. The number of hydrogen-bond acceptors (Lipinski definition) is 4. The van der Waals surface area contributed by atoms with E-state index >= 15 is 0 Å². The molecule has 2 unspecified atom stereocenters. The molecule has 0 radical (unpaired) electrons. The van der Waals surface area contributed by atoms with Crippen molar-refractivity contribution in [3.8, 4) is 0 Å². The van der Waals surface area contributed by atoms with Crippen LogP contribution in [-0.4, -0.2) is 24.2 Å². The Labute approximate surface area is 106 Å². The summed E-state index contributed by atoms with van der Waals surface area (Å²) in [5, 5.41) is 14.1. The number of non-ortho nitro benzene ring substituents is 1. The Morgan fingerprint density at radius 1 is 1.44 bits per heavy atom. The molecule has 18 heavy (non-hydrogen) atoms. The lowest BCUT2D eigenvalue weighted by Gasteiger charge is -2.26. The second-order valence-corrected chi connectivity index (χ2v) is 4.65. The summed E-state index contributed by atoms with van der Waals surface area (Å²) < 4.78 is 5.42. The van der Waals surface area contributed by atoms with Gasteiger partial charge in [0.2, 0.25) is 0 Å². The van der Waals surface area contributed by atoms with E-state index in [4.69, 9.17) is 4.74 Å². The van der Waals surface area contributed by atoms with Crippen LogP contribution in [0, 0.1) is 10.1 Å². The molecule has 98 valence electrons. The molecule has 0 aromatic heterocycles. The average Bonchev–Trinajstić information content (AvgIpc) is 2.40. The van der Waals surface area contributed by atoms with Gasteiger partial charge in [-0.1, -0.05) is 12.1 Å². The van der Waals surface area contributed by atoms with Crippen LogP contribution in [0.4, 0.5) is 5.69 Å². The summed E-state index contributed by atoms with van der Waals surface area (Å²) in [5.41, 5.74) is 1.19. The highest BCUT2D eigenvalue weighted by molar-refractivity contribution is 5.34. The van der Waals surface area contributed by atoms with Gasteiger partial charge in [-0.25, -0.2) is 0 Å². The first kappa shape index (κ1) is 13.0. The molecule has 1 aliphatic heterocycles. The van der Waals surface area contributed by atoms with Crippen LogP contribution in [0.2, 0.25) is 0 Å². The maximum atomic E-state index is 10.6. The molecule has 1 N–H and O–H groups in total. The van der Waals surface area contributed by atoms with Crippen molar-refractivity contribution < 1.29 is 9.66 Å². The van der Waals surface area contributed by atoms with Crippen molar-refractivity contribution in [2.24, 2.45) is 0 Å². The first-order chi connectivity index (χ1) is 8.66. The van der Waals surface area contributed by atoms with Crippen LogP contribution in [0.5, 0.6) is 0 Å². The molecule has 2 atom stereocenters. The van der Waals surface area contributed by atoms with Crippen molar-refractivity contribution in [2.45, 2.75) is 31.8 Å². The third-order valence-corrected chi connectivity index (χ3v) is 3.25. The molecule has 0 aliphatic carbocycles. The Balaban J connectivity index is 1.95. The van der Waals surface area contributed by atoms with Gasteiger partial charge in [0, 0.05) is 30.8 Å². The van der Waals surface area contributed by atoms with E-state index in [2.05, 4.69) is 12.2 Å². The summed E-state index contributed by atoms with van der Waals surface area (Å²) in [6, 6.07) is 7.26. The Hall–Kier alpha value is -1.46. The molecule has 1 saturated heterocycles. The highest BCUT2D eigenvalue weighted by Gasteiger charge is 2.17. The molecule has 1 fully saturated rings. The van der Waals surface area contributed by atoms with Gasteiger partial charge in [-0.3, -0.25) is 10.1 Å². The molecule has 5 nitrogen and oxygen atoms in total. The van der Waals surface area contributed by atoms with Crippen LogP contribution >= 0.6 is 0 Å². The summed E-state index contributed by atoms with van der Waals surface area (Å²) in [5.74, 6) is 0. The number of nitro benzene ring substituents is 1. The fourth-order valence-corrected chi connectivity index (χ4v) is 2.21. The molecule has 0 saturated carbocycles. The van der Waals surface area contributed by atoms with Crippen LogP contribution in [0.1, 0.15) is 31.4 Å². The van der Waals surface area contributed by atoms with Crippen molar-refractivity contribution >= 4 is 5.69 Å². The van der Waals surface area contributed by atoms with Crippen LogP contribution in [0.25, 0.3) is 0 Å². The minimum absolute atomic E-state index is 0.131. The number of nitrogens with one attached hydrogen (secondary N) is 1. The van der Waals surface area contributed by atoms with Crippen molar-refractivity contribution in [3.05, 3.63) is 39.9 Å². The Morgan fingerprint density at radius 3 is 2.72 bits per heavy atom. The zero-order valence-corrected chi connectivity index (χ0v) is 10.5. The average molecular weight is 250 g/mol.